The molecule has 0 fully saturated rings. The molecule has 3 rings (SSSR count). The minimum atomic E-state index is -0.495. The van der Waals surface area contributed by atoms with Crippen LogP contribution >= 0.6 is 15.9 Å². The quantitative estimate of drug-likeness (QED) is 0.511. The number of amides is 3. The number of halogens is 1. The second-order valence-electron chi connectivity index (χ2n) is 5.91. The van der Waals surface area contributed by atoms with Crippen molar-refractivity contribution < 1.29 is 14.3 Å². The highest BCUT2D eigenvalue weighted by molar-refractivity contribution is 9.10. The zero-order valence-electron chi connectivity index (χ0n) is 14.9. The van der Waals surface area contributed by atoms with E-state index in [0.717, 1.165) is 20.9 Å². The predicted molar refractivity (Wildman–Crippen MR) is 110 cm³/mol. The van der Waals surface area contributed by atoms with Crippen molar-refractivity contribution in [3.63, 3.8) is 0 Å². The van der Waals surface area contributed by atoms with Crippen LogP contribution in [0.25, 0.3) is 10.9 Å². The van der Waals surface area contributed by atoms with Crippen LogP contribution in [0.2, 0.25) is 0 Å². The molecular formula is C20H19BrN4O3. The molecule has 0 saturated heterocycles. The van der Waals surface area contributed by atoms with Crippen LogP contribution in [0.5, 0.6) is 5.75 Å². The van der Waals surface area contributed by atoms with E-state index in [0.29, 0.717) is 18.7 Å². The van der Waals surface area contributed by atoms with Crippen LogP contribution in [-0.2, 0) is 11.2 Å². The Morgan fingerprint density at radius 1 is 1.00 bits per heavy atom. The lowest BCUT2D eigenvalue weighted by Gasteiger charge is -2.10. The Kier molecular flexibility index (Phi) is 6.80. The van der Waals surface area contributed by atoms with Gasteiger partial charge in [0.25, 0.3) is 5.91 Å². The van der Waals surface area contributed by atoms with Crippen LogP contribution in [0, 0.1) is 0 Å². The third-order valence-electron chi connectivity index (χ3n) is 3.90. The van der Waals surface area contributed by atoms with Crippen molar-refractivity contribution in [3.8, 4) is 5.75 Å². The van der Waals surface area contributed by atoms with Gasteiger partial charge in [-0.3, -0.25) is 15.2 Å². The predicted octanol–water partition coefficient (Wildman–Crippen LogP) is 2.95. The first-order valence-corrected chi connectivity index (χ1v) is 9.45. The molecule has 0 bridgehead atoms. The fraction of sp³-hybridized carbons (Fsp3) is 0.150. The molecule has 1 heterocycles. The highest BCUT2D eigenvalue weighted by atomic mass is 79.9. The van der Waals surface area contributed by atoms with Crippen molar-refractivity contribution in [1.82, 2.24) is 21.2 Å². The number of benzene rings is 2. The maximum Gasteiger partial charge on any atom is 0.333 e. The number of nitrogens with zero attached hydrogens (tertiary/aromatic N) is 1. The average Bonchev–Trinajstić information content (AvgIpc) is 2.72. The number of nitrogens with one attached hydrogen (secondary N) is 3. The van der Waals surface area contributed by atoms with Crippen LogP contribution in [0.4, 0.5) is 4.79 Å². The summed E-state index contributed by atoms with van der Waals surface area (Å²) in [6.07, 6.45) is 2.38. The smallest absolute Gasteiger partial charge is 0.333 e. The van der Waals surface area contributed by atoms with Crippen molar-refractivity contribution in [3.05, 3.63) is 70.8 Å². The number of fused-ring (bicyclic) bond motifs is 1. The number of rotatable bonds is 6. The maximum atomic E-state index is 11.8. The van der Waals surface area contributed by atoms with Gasteiger partial charge >= 0.3 is 6.03 Å². The fourth-order valence-electron chi connectivity index (χ4n) is 2.57. The molecule has 3 N–H and O–H groups in total. The summed E-state index contributed by atoms with van der Waals surface area (Å²) in [7, 11) is 0. The third-order valence-corrected chi connectivity index (χ3v) is 4.42. The first-order valence-electron chi connectivity index (χ1n) is 8.65. The van der Waals surface area contributed by atoms with Gasteiger partial charge in [-0.25, -0.2) is 10.2 Å². The van der Waals surface area contributed by atoms with E-state index in [1.807, 2.05) is 42.5 Å². The molecule has 0 aliphatic rings. The summed E-state index contributed by atoms with van der Waals surface area (Å²) < 4.78 is 6.24. The van der Waals surface area contributed by atoms with Gasteiger partial charge in [-0.1, -0.05) is 40.2 Å². The normalized spacial score (nSPS) is 10.3. The molecular weight excluding hydrogens is 424 g/mol. The summed E-state index contributed by atoms with van der Waals surface area (Å²) in [4.78, 5) is 27.9. The summed E-state index contributed by atoms with van der Waals surface area (Å²) in [6.45, 7) is 0.205. The molecule has 3 amide bonds. The third kappa shape index (κ3) is 5.68. The number of aromatic nitrogens is 1. The minimum Gasteiger partial charge on any atom is -0.484 e. The van der Waals surface area contributed by atoms with E-state index >= 15 is 0 Å². The SMILES string of the molecule is O=C(COc1ccc(Br)cc1)NNC(=O)NCCc1cccc2cccnc12. The lowest BCUT2D eigenvalue weighted by Crippen LogP contribution is -2.48. The number of hydrazine groups is 1. The molecule has 1 aromatic heterocycles. The van der Waals surface area contributed by atoms with E-state index in [1.54, 1.807) is 18.3 Å². The fourth-order valence-corrected chi connectivity index (χ4v) is 2.83. The summed E-state index contributed by atoms with van der Waals surface area (Å²) in [5, 5.41) is 3.75. The van der Waals surface area contributed by atoms with Crippen molar-refractivity contribution >= 4 is 38.8 Å². The van der Waals surface area contributed by atoms with Crippen molar-refractivity contribution in [1.29, 1.82) is 0 Å². The molecule has 3 aromatic rings. The molecule has 28 heavy (non-hydrogen) atoms. The van der Waals surface area contributed by atoms with Gasteiger partial charge in [-0.05, 0) is 42.3 Å². The largest absolute Gasteiger partial charge is 0.484 e. The minimum absolute atomic E-state index is 0.205. The van der Waals surface area contributed by atoms with Gasteiger partial charge in [0.15, 0.2) is 6.61 Å². The number of hydrogen-bond acceptors (Lipinski definition) is 4. The molecule has 7 nitrogen and oxygen atoms in total. The molecule has 8 heteroatoms. The van der Waals surface area contributed by atoms with Crippen molar-refractivity contribution in [2.24, 2.45) is 0 Å². The lowest BCUT2D eigenvalue weighted by atomic mass is 10.1. The standard InChI is InChI=1S/C20H19BrN4O3/c21-16-6-8-17(9-7-16)28-13-18(26)24-25-20(27)23-12-10-15-4-1-3-14-5-2-11-22-19(14)15/h1-9,11H,10,12-13H2,(H,24,26)(H2,23,25,27). The van der Waals surface area contributed by atoms with Crippen LogP contribution in [0.15, 0.2) is 65.3 Å². The molecule has 0 saturated carbocycles. The van der Waals surface area contributed by atoms with E-state index in [1.165, 1.54) is 0 Å². The molecule has 0 aliphatic heterocycles. The Labute approximate surface area is 170 Å². The highest BCUT2D eigenvalue weighted by Gasteiger charge is 2.06. The second-order valence-corrected chi connectivity index (χ2v) is 6.83. The number of urea groups is 1. The Bertz CT molecular complexity index is 958. The number of hydrogen-bond donors (Lipinski definition) is 3. The first kappa shape index (κ1) is 19.6. The molecule has 0 unspecified atom stereocenters. The maximum absolute atomic E-state index is 11.8. The van der Waals surface area contributed by atoms with Gasteiger partial charge in [0.2, 0.25) is 0 Å². The topological polar surface area (TPSA) is 92.4 Å². The molecule has 2 aromatic carbocycles. The zero-order valence-corrected chi connectivity index (χ0v) is 16.5. The first-order chi connectivity index (χ1) is 13.6. The van der Waals surface area contributed by atoms with E-state index in [-0.39, 0.29) is 6.61 Å². The Morgan fingerprint density at radius 2 is 1.79 bits per heavy atom. The number of para-hydroxylation sites is 1. The number of carbonyl (C=O) groups is 2. The van der Waals surface area contributed by atoms with E-state index < -0.39 is 11.9 Å². The Hall–Kier alpha value is -3.13. The van der Waals surface area contributed by atoms with E-state index in [4.69, 9.17) is 4.74 Å². The number of carbonyl (C=O) groups excluding carboxylic acids is 2. The number of ether oxygens (including phenoxy) is 1. The Balaban J connectivity index is 1.37. The van der Waals surface area contributed by atoms with Crippen LogP contribution < -0.4 is 20.9 Å². The van der Waals surface area contributed by atoms with Crippen LogP contribution in [-0.4, -0.2) is 30.1 Å². The van der Waals surface area contributed by atoms with Crippen molar-refractivity contribution in [2.75, 3.05) is 13.2 Å². The summed E-state index contributed by atoms with van der Waals surface area (Å²) in [5.74, 6) is 0.0998. The second kappa shape index (κ2) is 9.70. The molecule has 0 radical (unpaired) electrons. The summed E-state index contributed by atoms with van der Waals surface area (Å²) in [6, 6.07) is 16.4. The molecule has 0 aliphatic carbocycles. The average molecular weight is 443 g/mol. The summed E-state index contributed by atoms with van der Waals surface area (Å²) >= 11 is 3.32. The number of pyridine rings is 1. The molecule has 0 spiro atoms. The Morgan fingerprint density at radius 3 is 2.61 bits per heavy atom. The van der Waals surface area contributed by atoms with Crippen LogP contribution in [0.1, 0.15) is 5.56 Å². The molecule has 0 atom stereocenters. The monoisotopic (exact) mass is 442 g/mol. The van der Waals surface area contributed by atoms with Crippen molar-refractivity contribution in [2.45, 2.75) is 6.42 Å². The van der Waals surface area contributed by atoms with Crippen LogP contribution in [0.3, 0.4) is 0 Å². The molecule has 144 valence electrons. The van der Waals surface area contributed by atoms with Gasteiger partial charge in [0, 0.05) is 22.6 Å². The lowest BCUT2D eigenvalue weighted by molar-refractivity contribution is -0.123. The zero-order chi connectivity index (χ0) is 19.8. The van der Waals surface area contributed by atoms with Gasteiger partial charge < -0.3 is 10.1 Å². The van der Waals surface area contributed by atoms with Gasteiger partial charge in [-0.2, -0.15) is 0 Å². The van der Waals surface area contributed by atoms with E-state index in [9.17, 15) is 9.59 Å². The van der Waals surface area contributed by atoms with E-state index in [2.05, 4.69) is 37.1 Å². The van der Waals surface area contributed by atoms with Gasteiger partial charge in [-0.15, -0.1) is 0 Å². The highest BCUT2D eigenvalue weighted by Crippen LogP contribution is 2.16. The summed E-state index contributed by atoms with van der Waals surface area (Å²) in [5.41, 5.74) is 6.56. The van der Waals surface area contributed by atoms with Gasteiger partial charge in [0.1, 0.15) is 5.75 Å². The van der Waals surface area contributed by atoms with Gasteiger partial charge in [0.05, 0.1) is 5.52 Å².